The van der Waals surface area contributed by atoms with Gasteiger partial charge < -0.3 is 16.0 Å². The molecular weight excluding hydrogens is 564 g/mol. The molecule has 5 rings (SSSR count). The first-order valence-corrected chi connectivity index (χ1v) is 15.0. The van der Waals surface area contributed by atoms with E-state index in [0.29, 0.717) is 12.1 Å². The average Bonchev–Trinajstić information content (AvgIpc) is 3.00. The van der Waals surface area contributed by atoms with Gasteiger partial charge in [-0.2, -0.15) is 0 Å². The van der Waals surface area contributed by atoms with E-state index in [1.54, 1.807) is 48.5 Å². The summed E-state index contributed by atoms with van der Waals surface area (Å²) in [5.41, 5.74) is 5.22. The van der Waals surface area contributed by atoms with Crippen LogP contribution >= 0.6 is 0 Å². The van der Waals surface area contributed by atoms with Gasteiger partial charge in [-0.1, -0.05) is 54.6 Å². The lowest BCUT2D eigenvalue weighted by atomic mass is 10.1. The number of hydrogen-bond acceptors (Lipinski definition) is 7. The van der Waals surface area contributed by atoms with Gasteiger partial charge in [0.2, 0.25) is 9.84 Å². The molecule has 0 spiro atoms. The first kappa shape index (κ1) is 29.4. The minimum Gasteiger partial charge on any atom is -0.346 e. The van der Waals surface area contributed by atoms with Crippen molar-refractivity contribution in [3.63, 3.8) is 0 Å². The van der Waals surface area contributed by atoms with Crippen LogP contribution in [-0.4, -0.2) is 42.6 Å². The van der Waals surface area contributed by atoms with E-state index < -0.39 is 50.7 Å². The van der Waals surface area contributed by atoms with Crippen molar-refractivity contribution in [3.8, 4) is 0 Å². The molecule has 42 heavy (non-hydrogen) atoms. The van der Waals surface area contributed by atoms with Crippen LogP contribution in [0.4, 0.5) is 14.5 Å². The van der Waals surface area contributed by atoms with Crippen LogP contribution in [0.5, 0.6) is 0 Å². The third-order valence-electron chi connectivity index (χ3n) is 7.56. The van der Waals surface area contributed by atoms with E-state index >= 15 is 0 Å². The maximum atomic E-state index is 14.7. The molecule has 1 aliphatic heterocycles. The lowest BCUT2D eigenvalue weighted by molar-refractivity contribution is 0.481. The van der Waals surface area contributed by atoms with Crippen LogP contribution in [0.3, 0.4) is 0 Å². The molecule has 0 saturated carbocycles. The third kappa shape index (κ3) is 5.52. The summed E-state index contributed by atoms with van der Waals surface area (Å²) in [4.78, 5) is 29.5. The molecule has 1 aliphatic rings. The molecule has 1 aromatic heterocycles. The van der Waals surface area contributed by atoms with Crippen molar-refractivity contribution in [2.75, 3.05) is 24.5 Å². The largest absolute Gasteiger partial charge is 0.346 e. The molecule has 3 N–H and O–H groups in total. The highest BCUT2D eigenvalue weighted by Gasteiger charge is 2.38. The molecule has 0 amide bonds. The van der Waals surface area contributed by atoms with E-state index in [1.807, 2.05) is 0 Å². The highest BCUT2D eigenvalue weighted by molar-refractivity contribution is 7.92. The van der Waals surface area contributed by atoms with Crippen molar-refractivity contribution in [1.29, 1.82) is 0 Å². The molecule has 1 fully saturated rings. The van der Waals surface area contributed by atoms with E-state index in [2.05, 4.69) is 5.32 Å². The van der Waals surface area contributed by atoms with Crippen LogP contribution in [0, 0.1) is 18.6 Å². The highest BCUT2D eigenvalue weighted by atomic mass is 32.2. The van der Waals surface area contributed by atoms with E-state index in [-0.39, 0.29) is 41.5 Å². The first-order valence-electron chi connectivity index (χ1n) is 13.4. The zero-order valence-electron chi connectivity index (χ0n) is 22.9. The number of nitrogens with two attached hydrogens (primary N) is 1. The van der Waals surface area contributed by atoms with Crippen molar-refractivity contribution in [1.82, 2.24) is 14.5 Å². The Labute approximate surface area is 241 Å². The number of anilines is 1. The Kier molecular flexibility index (Phi) is 8.39. The number of aromatic nitrogens is 2. The molecule has 0 aliphatic carbocycles. The summed E-state index contributed by atoms with van der Waals surface area (Å²) in [5, 5.41) is 1.89. The third-order valence-corrected chi connectivity index (χ3v) is 9.62. The second-order valence-electron chi connectivity index (χ2n) is 10.1. The number of hydrogen-bond donors (Lipinski definition) is 2. The predicted molar refractivity (Wildman–Crippen MR) is 156 cm³/mol. The van der Waals surface area contributed by atoms with E-state index in [4.69, 9.17) is 5.73 Å². The Hall–Kier alpha value is -4.13. The Balaban J connectivity index is 1.70. The molecule has 2 heterocycles. The zero-order chi connectivity index (χ0) is 30.0. The van der Waals surface area contributed by atoms with Gasteiger partial charge in [-0.05, 0) is 36.8 Å². The summed E-state index contributed by atoms with van der Waals surface area (Å²) in [6.07, 6.45) is 0. The Bertz CT molecular complexity index is 1790. The van der Waals surface area contributed by atoms with Gasteiger partial charge in [0.05, 0.1) is 18.0 Å². The van der Waals surface area contributed by atoms with Gasteiger partial charge in [-0.15, -0.1) is 0 Å². The van der Waals surface area contributed by atoms with Crippen LogP contribution in [0.2, 0.25) is 0 Å². The van der Waals surface area contributed by atoms with E-state index in [0.717, 1.165) is 21.3 Å². The lowest BCUT2D eigenvalue weighted by Gasteiger charge is -2.38. The SMILES string of the molecule is Cc1c(N2CCNCC2S(=O)(=O)c2ccccc2)c(=O)n(CC(N)c2ccccc2)c(=O)n1Cc1c(F)cccc1F. The van der Waals surface area contributed by atoms with Crippen molar-refractivity contribution >= 4 is 15.5 Å². The molecule has 4 aromatic rings. The summed E-state index contributed by atoms with van der Waals surface area (Å²) in [5.74, 6) is -1.71. The molecule has 0 bridgehead atoms. The monoisotopic (exact) mass is 595 g/mol. The Morgan fingerprint density at radius 1 is 0.929 bits per heavy atom. The first-order chi connectivity index (χ1) is 20.1. The van der Waals surface area contributed by atoms with Crippen molar-refractivity contribution in [2.45, 2.75) is 36.3 Å². The van der Waals surface area contributed by atoms with Crippen LogP contribution in [0.25, 0.3) is 0 Å². The number of piperazine rings is 1. The topological polar surface area (TPSA) is 119 Å². The normalized spacial score (nSPS) is 16.4. The van der Waals surface area contributed by atoms with Gasteiger partial charge in [0.1, 0.15) is 22.7 Å². The second-order valence-corrected chi connectivity index (χ2v) is 12.3. The molecule has 1 saturated heterocycles. The fourth-order valence-electron chi connectivity index (χ4n) is 5.29. The lowest BCUT2D eigenvalue weighted by Crippen LogP contribution is -2.58. The summed E-state index contributed by atoms with van der Waals surface area (Å²) >= 11 is 0. The highest BCUT2D eigenvalue weighted by Crippen LogP contribution is 2.26. The van der Waals surface area contributed by atoms with Crippen LogP contribution in [-0.2, 0) is 22.9 Å². The predicted octanol–water partition coefficient (Wildman–Crippen LogP) is 2.55. The van der Waals surface area contributed by atoms with Gasteiger partial charge in [0.15, 0.2) is 0 Å². The number of nitrogens with zero attached hydrogens (tertiary/aromatic N) is 3. The number of nitrogens with one attached hydrogen (secondary N) is 1. The van der Waals surface area contributed by atoms with Crippen molar-refractivity contribution < 1.29 is 17.2 Å². The number of rotatable bonds is 8. The maximum Gasteiger partial charge on any atom is 0.331 e. The van der Waals surface area contributed by atoms with Gasteiger partial charge in [-0.25, -0.2) is 22.0 Å². The zero-order valence-corrected chi connectivity index (χ0v) is 23.7. The number of sulfone groups is 1. The van der Waals surface area contributed by atoms with Crippen LogP contribution in [0.1, 0.15) is 22.9 Å². The summed E-state index contributed by atoms with van der Waals surface area (Å²) in [6, 6.07) is 19.4. The summed E-state index contributed by atoms with van der Waals surface area (Å²) < 4.78 is 59.1. The summed E-state index contributed by atoms with van der Waals surface area (Å²) in [7, 11) is -3.98. The molecular formula is C30H31F2N5O4S. The molecule has 0 radical (unpaired) electrons. The minimum atomic E-state index is -3.98. The second kappa shape index (κ2) is 12.0. The Morgan fingerprint density at radius 3 is 2.19 bits per heavy atom. The van der Waals surface area contributed by atoms with Crippen molar-refractivity contribution in [2.24, 2.45) is 5.73 Å². The molecule has 2 atom stereocenters. The van der Waals surface area contributed by atoms with Gasteiger partial charge in [0, 0.05) is 36.9 Å². The quantitative estimate of drug-likeness (QED) is 0.321. The molecule has 12 heteroatoms. The average molecular weight is 596 g/mol. The van der Waals surface area contributed by atoms with Crippen molar-refractivity contribution in [3.05, 3.63) is 128 Å². The van der Waals surface area contributed by atoms with E-state index in [9.17, 15) is 26.8 Å². The summed E-state index contributed by atoms with van der Waals surface area (Å²) in [6.45, 7) is 1.23. The molecule has 9 nitrogen and oxygen atoms in total. The van der Waals surface area contributed by atoms with Crippen LogP contribution in [0.15, 0.2) is 93.3 Å². The maximum absolute atomic E-state index is 14.7. The van der Waals surface area contributed by atoms with Gasteiger partial charge in [0.25, 0.3) is 5.56 Å². The number of halogens is 2. The number of benzene rings is 3. The fourth-order valence-corrected chi connectivity index (χ4v) is 7.02. The minimum absolute atomic E-state index is 0.0146. The fraction of sp³-hybridized carbons (Fsp3) is 0.267. The van der Waals surface area contributed by atoms with Gasteiger partial charge in [-0.3, -0.25) is 13.9 Å². The Morgan fingerprint density at radius 2 is 1.55 bits per heavy atom. The van der Waals surface area contributed by atoms with Gasteiger partial charge >= 0.3 is 5.69 Å². The standard InChI is InChI=1S/C30H31F2N5O4S/c1-20-28(35-16-15-34-17-27(35)42(40,41)22-11-6-3-7-12-22)29(38)37(19-26(33)21-9-4-2-5-10-21)30(39)36(20)18-23-24(31)13-8-14-25(23)32/h2-14,26-27,34H,15-19,33H2,1H3. The smallest absolute Gasteiger partial charge is 0.331 e. The van der Waals surface area contributed by atoms with Crippen LogP contribution < -0.4 is 27.2 Å². The molecule has 220 valence electrons. The van der Waals surface area contributed by atoms with E-state index in [1.165, 1.54) is 30.0 Å². The molecule has 3 aromatic carbocycles. The molecule has 2 unspecified atom stereocenters.